The number of nitrogens with one attached hydrogen (secondary N) is 2. The first-order chi connectivity index (χ1) is 9.12. The van der Waals surface area contributed by atoms with E-state index in [1.165, 1.54) is 0 Å². The summed E-state index contributed by atoms with van der Waals surface area (Å²) in [5.74, 6) is 2.54. The molecule has 1 unspecified atom stereocenters. The summed E-state index contributed by atoms with van der Waals surface area (Å²) >= 11 is 6.31. The van der Waals surface area contributed by atoms with Gasteiger partial charge in [-0.05, 0) is 26.1 Å². The van der Waals surface area contributed by atoms with Gasteiger partial charge in [-0.3, -0.25) is 4.79 Å². The van der Waals surface area contributed by atoms with Crippen LogP contribution in [0, 0.1) is 12.3 Å². The minimum atomic E-state index is -0.343. The van der Waals surface area contributed by atoms with Gasteiger partial charge in [-0.15, -0.1) is 6.42 Å². The Morgan fingerprint density at radius 3 is 2.89 bits per heavy atom. The molecule has 2 N–H and O–H groups in total. The normalized spacial score (nSPS) is 16.7. The first-order valence-corrected chi connectivity index (χ1v) is 6.50. The molecule has 0 radical (unpaired) electrons. The second kappa shape index (κ2) is 5.52. The van der Waals surface area contributed by atoms with E-state index in [1.807, 2.05) is 24.0 Å². The molecule has 0 fully saturated rings. The maximum absolute atomic E-state index is 11.8. The van der Waals surface area contributed by atoms with Gasteiger partial charge in [0, 0.05) is 17.8 Å². The number of hydrogen-bond donors (Lipinski definition) is 2. The number of nitrogens with zero attached hydrogens (tertiary/aromatic N) is 1. The SMILES string of the molecule is C#CCN(CC)c1cc2c(cc1Cl)C(NC)C(=O)N2. The summed E-state index contributed by atoms with van der Waals surface area (Å²) < 4.78 is 0. The zero-order valence-electron chi connectivity index (χ0n) is 11.0. The number of benzene rings is 1. The van der Waals surface area contributed by atoms with Crippen LogP contribution in [0.1, 0.15) is 18.5 Å². The highest BCUT2D eigenvalue weighted by Gasteiger charge is 2.30. The summed E-state index contributed by atoms with van der Waals surface area (Å²) in [6.45, 7) is 3.25. The van der Waals surface area contributed by atoms with Crippen molar-refractivity contribution in [3.8, 4) is 12.3 Å². The van der Waals surface area contributed by atoms with Gasteiger partial charge in [0.15, 0.2) is 0 Å². The third-order valence-corrected chi connectivity index (χ3v) is 3.55. The number of carbonyl (C=O) groups excluding carboxylic acids is 1. The van der Waals surface area contributed by atoms with Crippen molar-refractivity contribution >= 4 is 28.9 Å². The van der Waals surface area contributed by atoms with E-state index in [0.29, 0.717) is 11.6 Å². The summed E-state index contributed by atoms with van der Waals surface area (Å²) in [6, 6.07) is 3.36. The molecule has 0 saturated carbocycles. The zero-order chi connectivity index (χ0) is 14.0. The first kappa shape index (κ1) is 13.7. The number of terminal acetylenes is 1. The van der Waals surface area contributed by atoms with Crippen molar-refractivity contribution in [2.75, 3.05) is 30.4 Å². The summed E-state index contributed by atoms with van der Waals surface area (Å²) in [4.78, 5) is 13.8. The molecule has 1 aliphatic heterocycles. The lowest BCUT2D eigenvalue weighted by atomic mass is 10.1. The lowest BCUT2D eigenvalue weighted by Gasteiger charge is -2.22. The average molecular weight is 278 g/mol. The summed E-state index contributed by atoms with van der Waals surface area (Å²) in [5, 5.41) is 6.42. The van der Waals surface area contributed by atoms with Gasteiger partial charge in [0.05, 0.1) is 17.3 Å². The van der Waals surface area contributed by atoms with Crippen LogP contribution in [0.15, 0.2) is 12.1 Å². The van der Waals surface area contributed by atoms with Crippen molar-refractivity contribution in [3.63, 3.8) is 0 Å². The van der Waals surface area contributed by atoms with E-state index >= 15 is 0 Å². The zero-order valence-corrected chi connectivity index (χ0v) is 11.7. The lowest BCUT2D eigenvalue weighted by molar-refractivity contribution is -0.117. The van der Waals surface area contributed by atoms with Crippen molar-refractivity contribution in [1.82, 2.24) is 5.32 Å². The molecule has 0 saturated heterocycles. The molecule has 0 bridgehead atoms. The molecule has 1 heterocycles. The molecule has 1 amide bonds. The molecule has 2 rings (SSSR count). The van der Waals surface area contributed by atoms with Crippen LogP contribution in [0.2, 0.25) is 5.02 Å². The number of fused-ring (bicyclic) bond motifs is 1. The molecule has 1 aromatic carbocycles. The van der Waals surface area contributed by atoms with Gasteiger partial charge >= 0.3 is 0 Å². The molecule has 1 aromatic rings. The van der Waals surface area contributed by atoms with Crippen LogP contribution >= 0.6 is 11.6 Å². The molecule has 1 aliphatic rings. The predicted molar refractivity (Wildman–Crippen MR) is 78.6 cm³/mol. The van der Waals surface area contributed by atoms with Crippen LogP contribution in [-0.4, -0.2) is 26.0 Å². The van der Waals surface area contributed by atoms with Crippen LogP contribution in [0.25, 0.3) is 0 Å². The highest BCUT2D eigenvalue weighted by atomic mass is 35.5. The minimum Gasteiger partial charge on any atom is -0.359 e. The quantitative estimate of drug-likeness (QED) is 0.828. The highest BCUT2D eigenvalue weighted by Crippen LogP contribution is 2.38. The van der Waals surface area contributed by atoms with Gasteiger partial charge in [-0.25, -0.2) is 0 Å². The molecule has 1 atom stereocenters. The molecule has 100 valence electrons. The van der Waals surface area contributed by atoms with E-state index in [0.717, 1.165) is 23.5 Å². The first-order valence-electron chi connectivity index (χ1n) is 6.12. The number of rotatable bonds is 4. The topological polar surface area (TPSA) is 44.4 Å². The van der Waals surface area contributed by atoms with Crippen molar-refractivity contribution in [1.29, 1.82) is 0 Å². The van der Waals surface area contributed by atoms with Crippen molar-refractivity contribution < 1.29 is 4.79 Å². The Balaban J connectivity index is 2.44. The van der Waals surface area contributed by atoms with Gasteiger partial charge in [-0.1, -0.05) is 17.5 Å². The Kier molecular flexibility index (Phi) is 3.98. The minimum absolute atomic E-state index is 0.0642. The van der Waals surface area contributed by atoms with Crippen molar-refractivity contribution in [3.05, 3.63) is 22.7 Å². The number of hydrogen-bond acceptors (Lipinski definition) is 3. The Labute approximate surface area is 118 Å². The third kappa shape index (κ3) is 2.40. The summed E-state index contributed by atoms with van der Waals surface area (Å²) in [7, 11) is 1.75. The molecular formula is C14H16ClN3O. The Hall–Kier alpha value is -1.70. The van der Waals surface area contributed by atoms with E-state index in [1.54, 1.807) is 7.05 Å². The number of likely N-dealkylation sites (N-methyl/N-ethyl adjacent to an activating group) is 1. The van der Waals surface area contributed by atoms with Gasteiger partial charge in [-0.2, -0.15) is 0 Å². The molecule has 19 heavy (non-hydrogen) atoms. The van der Waals surface area contributed by atoms with E-state index in [-0.39, 0.29) is 11.9 Å². The van der Waals surface area contributed by atoms with E-state index in [4.69, 9.17) is 18.0 Å². The Morgan fingerprint density at radius 1 is 1.58 bits per heavy atom. The van der Waals surface area contributed by atoms with Crippen molar-refractivity contribution in [2.45, 2.75) is 13.0 Å². The molecular weight excluding hydrogens is 262 g/mol. The van der Waals surface area contributed by atoms with E-state index in [9.17, 15) is 4.79 Å². The van der Waals surface area contributed by atoms with Crippen LogP contribution in [-0.2, 0) is 4.79 Å². The number of amides is 1. The largest absolute Gasteiger partial charge is 0.359 e. The molecule has 0 aliphatic carbocycles. The maximum atomic E-state index is 11.8. The van der Waals surface area contributed by atoms with Crippen LogP contribution in [0.5, 0.6) is 0 Å². The maximum Gasteiger partial charge on any atom is 0.246 e. The molecule has 5 heteroatoms. The second-order valence-electron chi connectivity index (χ2n) is 4.32. The average Bonchev–Trinajstić information content (AvgIpc) is 2.70. The van der Waals surface area contributed by atoms with Crippen LogP contribution in [0.3, 0.4) is 0 Å². The second-order valence-corrected chi connectivity index (χ2v) is 4.73. The van der Waals surface area contributed by atoms with E-state index in [2.05, 4.69) is 16.6 Å². The van der Waals surface area contributed by atoms with Crippen LogP contribution < -0.4 is 15.5 Å². The van der Waals surface area contributed by atoms with Gasteiger partial charge in [0.2, 0.25) is 5.91 Å². The number of anilines is 2. The number of carbonyl (C=O) groups is 1. The van der Waals surface area contributed by atoms with E-state index < -0.39 is 0 Å². The van der Waals surface area contributed by atoms with Crippen LogP contribution in [0.4, 0.5) is 11.4 Å². The molecule has 0 aromatic heterocycles. The number of halogens is 1. The molecule has 4 nitrogen and oxygen atoms in total. The lowest BCUT2D eigenvalue weighted by Crippen LogP contribution is -2.24. The monoisotopic (exact) mass is 277 g/mol. The fraction of sp³-hybridized carbons (Fsp3) is 0.357. The fourth-order valence-electron chi connectivity index (χ4n) is 2.28. The highest BCUT2D eigenvalue weighted by molar-refractivity contribution is 6.33. The van der Waals surface area contributed by atoms with Crippen molar-refractivity contribution in [2.24, 2.45) is 0 Å². The van der Waals surface area contributed by atoms with Gasteiger partial charge < -0.3 is 15.5 Å². The summed E-state index contributed by atoms with van der Waals surface area (Å²) in [6.07, 6.45) is 5.36. The third-order valence-electron chi connectivity index (χ3n) is 3.24. The summed E-state index contributed by atoms with van der Waals surface area (Å²) in [5.41, 5.74) is 2.51. The smallest absolute Gasteiger partial charge is 0.246 e. The van der Waals surface area contributed by atoms with Gasteiger partial charge in [0.1, 0.15) is 6.04 Å². The predicted octanol–water partition coefficient (Wildman–Crippen LogP) is 2.01. The standard InChI is InChI=1S/C14H16ClN3O/c1-4-6-18(5-2)12-8-11-9(7-10(12)15)13(16-3)14(19)17-11/h1,7-8,13,16H,5-6H2,2-3H3,(H,17,19). The fourth-order valence-corrected chi connectivity index (χ4v) is 2.57. The Morgan fingerprint density at radius 2 is 2.32 bits per heavy atom. The Bertz CT molecular complexity index is 550. The van der Waals surface area contributed by atoms with Gasteiger partial charge in [0.25, 0.3) is 0 Å². The molecule has 0 spiro atoms.